The summed E-state index contributed by atoms with van der Waals surface area (Å²) in [4.78, 5) is 22.5. The lowest BCUT2D eigenvalue weighted by molar-refractivity contribution is -0.386. The summed E-state index contributed by atoms with van der Waals surface area (Å²) in [5.41, 5.74) is -0.248. The van der Waals surface area contributed by atoms with Crippen molar-refractivity contribution < 1.29 is 33.8 Å². The van der Waals surface area contributed by atoms with Gasteiger partial charge in [-0.25, -0.2) is 0 Å². The molecule has 146 valence electrons. The predicted molar refractivity (Wildman–Crippen MR) is 91.2 cm³/mol. The number of nitro groups is 1. The number of carbonyl (C=O) groups excluding carboxylic acids is 1. The van der Waals surface area contributed by atoms with Gasteiger partial charge in [-0.1, -0.05) is 0 Å². The molecule has 1 unspecified atom stereocenters. The predicted octanol–water partition coefficient (Wildman–Crippen LogP) is 1.16. The number of benzene rings is 1. The van der Waals surface area contributed by atoms with Crippen LogP contribution in [0.15, 0.2) is 12.1 Å². The Balaban J connectivity index is 2.88. The van der Waals surface area contributed by atoms with Gasteiger partial charge in [0.15, 0.2) is 23.9 Å². The highest BCUT2D eigenvalue weighted by Crippen LogP contribution is 2.37. The molecule has 26 heavy (non-hydrogen) atoms. The molecule has 1 aromatic carbocycles. The largest absolute Gasteiger partial charge is 0.493 e. The van der Waals surface area contributed by atoms with Gasteiger partial charge in [-0.05, 0) is 19.9 Å². The lowest BCUT2D eigenvalue weighted by Gasteiger charge is -2.26. The minimum atomic E-state index is -1.07. The Morgan fingerprint density at radius 2 is 1.92 bits per heavy atom. The van der Waals surface area contributed by atoms with E-state index < -0.39 is 29.3 Å². The molecule has 0 aliphatic carbocycles. The standard InChI is InChI=1S/C16H24N2O8/c1-10(19)11-6-13(23-3)14(7-12(11)18(21)22)26-8-15(20)17-9-16(2,24-4)25-5/h6-7,10,19H,8-9H2,1-5H3,(H,17,20). The van der Waals surface area contributed by atoms with Gasteiger partial charge in [-0.15, -0.1) is 0 Å². The molecule has 0 aliphatic heterocycles. The van der Waals surface area contributed by atoms with Crippen molar-refractivity contribution in [3.05, 3.63) is 27.8 Å². The number of carbonyl (C=O) groups is 1. The molecule has 10 nitrogen and oxygen atoms in total. The smallest absolute Gasteiger partial charge is 0.279 e. The number of nitrogens with one attached hydrogen (secondary N) is 1. The third-order valence-electron chi connectivity index (χ3n) is 3.79. The molecule has 0 heterocycles. The molecule has 1 rings (SSSR count). The Bertz CT molecular complexity index is 643. The zero-order chi connectivity index (χ0) is 19.9. The maximum atomic E-state index is 11.9. The number of hydrogen-bond acceptors (Lipinski definition) is 8. The van der Waals surface area contributed by atoms with E-state index in [4.69, 9.17) is 18.9 Å². The lowest BCUT2D eigenvalue weighted by Crippen LogP contribution is -2.44. The summed E-state index contributed by atoms with van der Waals surface area (Å²) < 4.78 is 20.7. The first-order chi connectivity index (χ1) is 12.2. The molecule has 0 bridgehead atoms. The molecule has 0 spiro atoms. The van der Waals surface area contributed by atoms with Crippen LogP contribution in [0.3, 0.4) is 0 Å². The number of aliphatic hydroxyl groups is 1. The second-order valence-corrected chi connectivity index (χ2v) is 5.60. The molecular weight excluding hydrogens is 348 g/mol. The van der Waals surface area contributed by atoms with Gasteiger partial charge in [-0.2, -0.15) is 0 Å². The van der Waals surface area contributed by atoms with Gasteiger partial charge in [0.25, 0.3) is 11.6 Å². The molecule has 0 aliphatic rings. The van der Waals surface area contributed by atoms with Crippen LogP contribution in [0.5, 0.6) is 11.5 Å². The monoisotopic (exact) mass is 372 g/mol. The van der Waals surface area contributed by atoms with Crippen molar-refractivity contribution in [1.29, 1.82) is 0 Å². The maximum Gasteiger partial charge on any atom is 0.279 e. The third kappa shape index (κ3) is 5.55. The van der Waals surface area contributed by atoms with Gasteiger partial charge in [0, 0.05) is 14.2 Å². The van der Waals surface area contributed by atoms with E-state index in [9.17, 15) is 20.0 Å². The average Bonchev–Trinajstić information content (AvgIpc) is 2.63. The number of ether oxygens (including phenoxy) is 4. The minimum absolute atomic E-state index is 0.0139. The number of hydrogen-bond donors (Lipinski definition) is 2. The van der Waals surface area contributed by atoms with Crippen molar-refractivity contribution in [2.45, 2.75) is 25.7 Å². The maximum absolute atomic E-state index is 11.9. The van der Waals surface area contributed by atoms with E-state index in [1.54, 1.807) is 6.92 Å². The second-order valence-electron chi connectivity index (χ2n) is 5.60. The molecule has 0 fully saturated rings. The fourth-order valence-electron chi connectivity index (χ4n) is 2.01. The van der Waals surface area contributed by atoms with E-state index in [2.05, 4.69) is 5.32 Å². The van der Waals surface area contributed by atoms with Crippen LogP contribution in [0, 0.1) is 10.1 Å². The van der Waals surface area contributed by atoms with Crippen molar-refractivity contribution in [3.8, 4) is 11.5 Å². The molecule has 1 aromatic rings. The summed E-state index contributed by atoms with van der Waals surface area (Å²) in [5.74, 6) is -1.28. The summed E-state index contributed by atoms with van der Waals surface area (Å²) in [6.45, 7) is 2.74. The first-order valence-corrected chi connectivity index (χ1v) is 7.71. The van der Waals surface area contributed by atoms with Crippen molar-refractivity contribution in [2.75, 3.05) is 34.5 Å². The van der Waals surface area contributed by atoms with Crippen molar-refractivity contribution in [3.63, 3.8) is 0 Å². The topological polar surface area (TPSA) is 129 Å². The van der Waals surface area contributed by atoms with Gasteiger partial charge in [-0.3, -0.25) is 14.9 Å². The molecule has 1 atom stereocenters. The van der Waals surface area contributed by atoms with Gasteiger partial charge < -0.3 is 29.4 Å². The first-order valence-electron chi connectivity index (χ1n) is 7.71. The molecule has 10 heteroatoms. The number of methoxy groups -OCH3 is 3. The number of amides is 1. The van der Waals surface area contributed by atoms with Crippen LogP contribution in [0.2, 0.25) is 0 Å². The van der Waals surface area contributed by atoms with Crippen molar-refractivity contribution in [1.82, 2.24) is 5.32 Å². The normalized spacial score (nSPS) is 12.4. The van der Waals surface area contributed by atoms with Gasteiger partial charge >= 0.3 is 0 Å². The van der Waals surface area contributed by atoms with Crippen LogP contribution < -0.4 is 14.8 Å². The Kier molecular flexibility index (Phi) is 7.75. The highest BCUT2D eigenvalue weighted by Gasteiger charge is 2.25. The van der Waals surface area contributed by atoms with Crippen LogP contribution >= 0.6 is 0 Å². The van der Waals surface area contributed by atoms with Crippen LogP contribution in [0.25, 0.3) is 0 Å². The number of nitrogens with zero attached hydrogens (tertiary/aromatic N) is 1. The molecular formula is C16H24N2O8. The van der Waals surface area contributed by atoms with E-state index in [0.717, 1.165) is 6.07 Å². The summed E-state index contributed by atoms with van der Waals surface area (Å²) in [7, 11) is 4.24. The highest BCUT2D eigenvalue weighted by atomic mass is 16.7. The van der Waals surface area contributed by atoms with E-state index >= 15 is 0 Å². The Labute approximate surface area is 151 Å². The number of nitro benzene ring substituents is 1. The highest BCUT2D eigenvalue weighted by molar-refractivity contribution is 5.77. The Morgan fingerprint density at radius 3 is 2.38 bits per heavy atom. The van der Waals surface area contributed by atoms with E-state index in [0.29, 0.717) is 0 Å². The zero-order valence-corrected chi connectivity index (χ0v) is 15.4. The average molecular weight is 372 g/mol. The molecule has 1 amide bonds. The summed E-state index contributed by atoms with van der Waals surface area (Å²) in [6, 6.07) is 2.42. The summed E-state index contributed by atoms with van der Waals surface area (Å²) in [6.07, 6.45) is -1.07. The van der Waals surface area contributed by atoms with E-state index in [1.807, 2.05) is 0 Å². The first kappa shape index (κ1) is 21.6. The molecule has 2 N–H and O–H groups in total. The van der Waals surface area contributed by atoms with Crippen LogP contribution in [-0.4, -0.2) is 56.2 Å². The Morgan fingerprint density at radius 1 is 1.31 bits per heavy atom. The minimum Gasteiger partial charge on any atom is -0.493 e. The Hall–Kier alpha value is -2.43. The summed E-state index contributed by atoms with van der Waals surface area (Å²) in [5, 5.41) is 23.4. The second kappa shape index (κ2) is 9.32. The fourth-order valence-corrected chi connectivity index (χ4v) is 2.01. The van der Waals surface area contributed by atoms with Gasteiger partial charge in [0.1, 0.15) is 0 Å². The van der Waals surface area contributed by atoms with Gasteiger partial charge in [0.05, 0.1) is 36.3 Å². The van der Waals surface area contributed by atoms with Crippen molar-refractivity contribution in [2.24, 2.45) is 0 Å². The quantitative estimate of drug-likeness (QED) is 0.356. The molecule has 0 aromatic heterocycles. The van der Waals surface area contributed by atoms with Crippen LogP contribution in [0.1, 0.15) is 25.5 Å². The zero-order valence-electron chi connectivity index (χ0n) is 15.4. The van der Waals surface area contributed by atoms with Gasteiger partial charge in [0.2, 0.25) is 0 Å². The molecule has 0 radical (unpaired) electrons. The lowest BCUT2D eigenvalue weighted by atomic mass is 10.1. The SMILES string of the molecule is COc1cc(C(C)O)c([N+](=O)[O-])cc1OCC(=O)NCC(C)(OC)OC. The van der Waals surface area contributed by atoms with E-state index in [-0.39, 0.29) is 29.3 Å². The fraction of sp³-hybridized carbons (Fsp3) is 0.562. The van der Waals surface area contributed by atoms with Crippen molar-refractivity contribution >= 4 is 11.6 Å². The van der Waals surface area contributed by atoms with E-state index in [1.165, 1.54) is 34.3 Å². The third-order valence-corrected chi connectivity index (χ3v) is 3.79. The number of aliphatic hydroxyl groups excluding tert-OH is 1. The molecule has 0 saturated carbocycles. The van der Waals surface area contributed by atoms with Crippen LogP contribution in [-0.2, 0) is 14.3 Å². The molecule has 0 saturated heterocycles. The van der Waals surface area contributed by atoms with Crippen LogP contribution in [0.4, 0.5) is 5.69 Å². The summed E-state index contributed by atoms with van der Waals surface area (Å²) >= 11 is 0. The number of rotatable bonds is 10.